The van der Waals surface area contributed by atoms with Gasteiger partial charge in [0.15, 0.2) is 0 Å². The van der Waals surface area contributed by atoms with E-state index >= 15 is 0 Å². The SMILES string of the molecule is C=CC[C@]1(c2ccc(Cl)cc2)C[C@@H](C)O[C@@H](C)C1. The molecular weight excluding hydrogens is 244 g/mol. The summed E-state index contributed by atoms with van der Waals surface area (Å²) in [5, 5.41) is 0.792. The Balaban J connectivity index is 2.36. The molecule has 2 heteroatoms. The fourth-order valence-electron chi connectivity index (χ4n) is 3.28. The first-order valence-corrected chi connectivity index (χ1v) is 6.96. The number of hydrogen-bond donors (Lipinski definition) is 0. The van der Waals surface area contributed by atoms with E-state index in [1.165, 1.54) is 5.56 Å². The Morgan fingerprint density at radius 3 is 2.33 bits per heavy atom. The van der Waals surface area contributed by atoms with E-state index in [0.29, 0.717) is 12.2 Å². The molecule has 1 heterocycles. The van der Waals surface area contributed by atoms with Crippen LogP contribution in [0.5, 0.6) is 0 Å². The number of ether oxygens (including phenoxy) is 1. The maximum absolute atomic E-state index is 5.99. The van der Waals surface area contributed by atoms with Crippen LogP contribution >= 0.6 is 11.6 Å². The van der Waals surface area contributed by atoms with Crippen LogP contribution in [-0.4, -0.2) is 12.2 Å². The quantitative estimate of drug-likeness (QED) is 0.717. The van der Waals surface area contributed by atoms with Gasteiger partial charge in [0, 0.05) is 10.4 Å². The minimum atomic E-state index is 0.156. The van der Waals surface area contributed by atoms with Crippen molar-refractivity contribution in [1.82, 2.24) is 0 Å². The fraction of sp³-hybridized carbons (Fsp3) is 0.500. The fourth-order valence-corrected chi connectivity index (χ4v) is 3.40. The molecule has 1 aliphatic heterocycles. The summed E-state index contributed by atoms with van der Waals surface area (Å²) >= 11 is 5.99. The highest BCUT2D eigenvalue weighted by Crippen LogP contribution is 2.42. The van der Waals surface area contributed by atoms with Gasteiger partial charge in [-0.3, -0.25) is 0 Å². The van der Waals surface area contributed by atoms with Crippen LogP contribution in [0, 0.1) is 0 Å². The Labute approximate surface area is 115 Å². The van der Waals surface area contributed by atoms with Gasteiger partial charge in [0.05, 0.1) is 12.2 Å². The first-order valence-electron chi connectivity index (χ1n) is 6.58. The van der Waals surface area contributed by atoms with Crippen molar-refractivity contribution in [3.63, 3.8) is 0 Å². The summed E-state index contributed by atoms with van der Waals surface area (Å²) < 4.78 is 5.87. The molecule has 3 atom stereocenters. The smallest absolute Gasteiger partial charge is 0.0559 e. The van der Waals surface area contributed by atoms with E-state index in [1.807, 2.05) is 18.2 Å². The molecule has 1 saturated heterocycles. The zero-order valence-corrected chi connectivity index (χ0v) is 11.9. The summed E-state index contributed by atoms with van der Waals surface area (Å²) in [7, 11) is 0. The number of rotatable bonds is 3. The molecule has 0 unspecified atom stereocenters. The lowest BCUT2D eigenvalue weighted by Gasteiger charge is -2.43. The average molecular weight is 265 g/mol. The molecule has 0 aliphatic carbocycles. The van der Waals surface area contributed by atoms with Crippen LogP contribution in [0.25, 0.3) is 0 Å². The first-order chi connectivity index (χ1) is 8.55. The Morgan fingerprint density at radius 1 is 1.28 bits per heavy atom. The predicted octanol–water partition coefficient (Wildman–Crippen LogP) is 4.74. The monoisotopic (exact) mass is 264 g/mol. The van der Waals surface area contributed by atoms with Gasteiger partial charge in [-0.2, -0.15) is 0 Å². The van der Waals surface area contributed by atoms with E-state index in [0.717, 1.165) is 24.3 Å². The largest absolute Gasteiger partial charge is 0.376 e. The second kappa shape index (κ2) is 5.46. The molecule has 0 bridgehead atoms. The van der Waals surface area contributed by atoms with Crippen LogP contribution < -0.4 is 0 Å². The molecule has 0 saturated carbocycles. The lowest BCUT2D eigenvalue weighted by molar-refractivity contribution is -0.0625. The van der Waals surface area contributed by atoms with Gasteiger partial charge in [-0.15, -0.1) is 6.58 Å². The van der Waals surface area contributed by atoms with Crippen LogP contribution in [0.4, 0.5) is 0 Å². The van der Waals surface area contributed by atoms with E-state index in [-0.39, 0.29) is 5.41 Å². The zero-order chi connectivity index (χ0) is 13.2. The summed E-state index contributed by atoms with van der Waals surface area (Å²) in [6.45, 7) is 8.24. The molecule has 1 fully saturated rings. The second-order valence-corrected chi connectivity index (χ2v) is 5.88. The van der Waals surface area contributed by atoms with Crippen molar-refractivity contribution >= 4 is 11.6 Å². The highest BCUT2D eigenvalue weighted by molar-refractivity contribution is 6.30. The Hall–Kier alpha value is -0.790. The lowest BCUT2D eigenvalue weighted by atomic mass is 9.68. The van der Waals surface area contributed by atoms with Crippen molar-refractivity contribution in [2.24, 2.45) is 0 Å². The minimum absolute atomic E-state index is 0.156. The molecule has 0 radical (unpaired) electrons. The normalized spacial score (nSPS) is 32.2. The Kier molecular flexibility index (Phi) is 4.14. The van der Waals surface area contributed by atoms with Gasteiger partial charge in [-0.25, -0.2) is 0 Å². The summed E-state index contributed by atoms with van der Waals surface area (Å²) in [5.74, 6) is 0. The predicted molar refractivity (Wildman–Crippen MR) is 77.2 cm³/mol. The molecule has 18 heavy (non-hydrogen) atoms. The average Bonchev–Trinajstić information content (AvgIpc) is 2.28. The minimum Gasteiger partial charge on any atom is -0.376 e. The summed E-state index contributed by atoms with van der Waals surface area (Å²) in [6.07, 6.45) is 5.70. The molecule has 0 aromatic heterocycles. The third-order valence-electron chi connectivity index (χ3n) is 3.81. The van der Waals surface area contributed by atoms with Gasteiger partial charge in [0.1, 0.15) is 0 Å². The summed E-state index contributed by atoms with van der Waals surface area (Å²) in [6, 6.07) is 8.26. The maximum Gasteiger partial charge on any atom is 0.0559 e. The molecule has 1 nitrogen and oxygen atoms in total. The van der Waals surface area contributed by atoms with E-state index in [2.05, 4.69) is 32.6 Å². The molecule has 0 spiro atoms. The zero-order valence-electron chi connectivity index (χ0n) is 11.2. The Morgan fingerprint density at radius 2 is 1.83 bits per heavy atom. The molecule has 1 aromatic rings. The molecule has 2 rings (SSSR count). The van der Waals surface area contributed by atoms with Crippen LogP contribution in [0.3, 0.4) is 0 Å². The maximum atomic E-state index is 5.99. The second-order valence-electron chi connectivity index (χ2n) is 5.45. The van der Waals surface area contributed by atoms with Crippen molar-refractivity contribution in [2.75, 3.05) is 0 Å². The van der Waals surface area contributed by atoms with Crippen LogP contribution in [0.15, 0.2) is 36.9 Å². The molecule has 1 aliphatic rings. The number of allylic oxidation sites excluding steroid dienone is 1. The van der Waals surface area contributed by atoms with Crippen molar-refractivity contribution in [3.8, 4) is 0 Å². The van der Waals surface area contributed by atoms with Crippen LogP contribution in [0.2, 0.25) is 5.02 Å². The molecule has 1 aromatic carbocycles. The van der Waals surface area contributed by atoms with Crippen molar-refractivity contribution in [3.05, 3.63) is 47.5 Å². The van der Waals surface area contributed by atoms with Crippen molar-refractivity contribution in [2.45, 2.75) is 50.7 Å². The van der Waals surface area contributed by atoms with Crippen LogP contribution in [0.1, 0.15) is 38.7 Å². The third-order valence-corrected chi connectivity index (χ3v) is 4.06. The van der Waals surface area contributed by atoms with Crippen molar-refractivity contribution < 1.29 is 4.74 Å². The number of hydrogen-bond acceptors (Lipinski definition) is 1. The highest BCUT2D eigenvalue weighted by Gasteiger charge is 2.38. The summed E-state index contributed by atoms with van der Waals surface area (Å²) in [5.41, 5.74) is 1.51. The van der Waals surface area contributed by atoms with Gasteiger partial charge in [-0.1, -0.05) is 29.8 Å². The third kappa shape index (κ3) is 2.78. The Bertz CT molecular complexity index is 400. The van der Waals surface area contributed by atoms with Crippen LogP contribution in [-0.2, 0) is 10.2 Å². The van der Waals surface area contributed by atoms with Gasteiger partial charge < -0.3 is 4.74 Å². The van der Waals surface area contributed by atoms with Gasteiger partial charge >= 0.3 is 0 Å². The number of benzene rings is 1. The van der Waals surface area contributed by atoms with Gasteiger partial charge in [-0.05, 0) is 50.8 Å². The van der Waals surface area contributed by atoms with Gasteiger partial charge in [0.25, 0.3) is 0 Å². The van der Waals surface area contributed by atoms with E-state index < -0.39 is 0 Å². The van der Waals surface area contributed by atoms with Gasteiger partial charge in [0.2, 0.25) is 0 Å². The van der Waals surface area contributed by atoms with Crippen molar-refractivity contribution in [1.29, 1.82) is 0 Å². The molecular formula is C16H21ClO. The summed E-state index contributed by atoms with van der Waals surface area (Å²) in [4.78, 5) is 0. The lowest BCUT2D eigenvalue weighted by Crippen LogP contribution is -2.41. The topological polar surface area (TPSA) is 9.23 Å². The van der Waals surface area contributed by atoms with E-state index in [4.69, 9.17) is 16.3 Å². The first kappa shape index (κ1) is 13.6. The highest BCUT2D eigenvalue weighted by atomic mass is 35.5. The molecule has 98 valence electrons. The number of halogens is 1. The van der Waals surface area contributed by atoms with E-state index in [1.54, 1.807) is 0 Å². The molecule has 0 amide bonds. The standard InChI is InChI=1S/C16H21ClO/c1-4-9-16(10-12(2)18-13(3)11-16)14-5-7-15(17)8-6-14/h4-8,12-13H,1,9-11H2,2-3H3/t12-,13+,16+. The van der Waals surface area contributed by atoms with E-state index in [9.17, 15) is 0 Å². The molecule has 0 N–H and O–H groups in total.